The maximum atomic E-state index is 5.50. The third-order valence-corrected chi connectivity index (χ3v) is 4.73. The van der Waals surface area contributed by atoms with Crippen molar-refractivity contribution in [3.63, 3.8) is 0 Å². The summed E-state index contributed by atoms with van der Waals surface area (Å²) in [5.74, 6) is 1.82. The van der Waals surface area contributed by atoms with E-state index in [2.05, 4.69) is 46.5 Å². The van der Waals surface area contributed by atoms with E-state index < -0.39 is 0 Å². The van der Waals surface area contributed by atoms with Crippen molar-refractivity contribution in [2.24, 2.45) is 4.99 Å². The predicted molar refractivity (Wildman–Crippen MR) is 128 cm³/mol. The molecule has 0 saturated carbocycles. The van der Waals surface area contributed by atoms with Crippen molar-refractivity contribution in [3.8, 4) is 5.75 Å². The fourth-order valence-electron chi connectivity index (χ4n) is 3.19. The molecule has 1 aromatic carbocycles. The lowest BCUT2D eigenvalue weighted by Crippen LogP contribution is -2.45. The van der Waals surface area contributed by atoms with Crippen molar-refractivity contribution < 1.29 is 9.47 Å². The first-order chi connectivity index (χ1) is 13.2. The van der Waals surface area contributed by atoms with Crippen molar-refractivity contribution in [2.75, 3.05) is 72.0 Å². The topological polar surface area (TPSA) is 61.4 Å². The van der Waals surface area contributed by atoms with Crippen molar-refractivity contribution in [2.45, 2.75) is 19.4 Å². The summed E-state index contributed by atoms with van der Waals surface area (Å²) in [6, 6.07) is 8.58. The molecule has 2 rings (SSSR count). The van der Waals surface area contributed by atoms with Gasteiger partial charge in [-0.2, -0.15) is 0 Å². The molecule has 2 N–H and O–H groups in total. The first-order valence-corrected chi connectivity index (χ1v) is 9.78. The lowest BCUT2D eigenvalue weighted by atomic mass is 10.2. The maximum Gasteiger partial charge on any atom is 0.191 e. The summed E-state index contributed by atoms with van der Waals surface area (Å²) >= 11 is 0. The number of benzene rings is 1. The van der Waals surface area contributed by atoms with Crippen LogP contribution in [0.5, 0.6) is 5.75 Å². The lowest BCUT2D eigenvalue weighted by Gasteiger charge is -2.22. The normalized spacial score (nSPS) is 16.8. The number of para-hydroxylation sites is 2. The molecule has 1 aromatic rings. The summed E-state index contributed by atoms with van der Waals surface area (Å²) in [6.07, 6.45) is 1.08. The zero-order valence-corrected chi connectivity index (χ0v) is 19.9. The Bertz CT molecular complexity index is 587. The Morgan fingerprint density at radius 2 is 2.07 bits per heavy atom. The number of guanidine groups is 1. The zero-order chi connectivity index (χ0) is 19.5. The molecule has 0 radical (unpaired) electrons. The first-order valence-electron chi connectivity index (χ1n) is 9.78. The molecule has 160 valence electrons. The van der Waals surface area contributed by atoms with Gasteiger partial charge in [0.05, 0.1) is 25.9 Å². The van der Waals surface area contributed by atoms with Crippen molar-refractivity contribution in [1.29, 1.82) is 0 Å². The molecule has 0 bridgehead atoms. The van der Waals surface area contributed by atoms with Crippen LogP contribution in [0, 0.1) is 0 Å². The molecule has 1 heterocycles. The van der Waals surface area contributed by atoms with Gasteiger partial charge in [0.25, 0.3) is 0 Å². The summed E-state index contributed by atoms with van der Waals surface area (Å²) in [5.41, 5.74) is 1.16. The Hall–Kier alpha value is -1.26. The quantitative estimate of drug-likeness (QED) is 0.289. The Balaban J connectivity index is 0.00000392. The van der Waals surface area contributed by atoms with Gasteiger partial charge in [-0.05, 0) is 32.5 Å². The van der Waals surface area contributed by atoms with Gasteiger partial charge in [0.1, 0.15) is 5.75 Å². The number of ether oxygens (including phenoxy) is 2. The van der Waals surface area contributed by atoms with E-state index in [1.807, 2.05) is 12.1 Å². The van der Waals surface area contributed by atoms with Crippen LogP contribution < -0.4 is 20.3 Å². The van der Waals surface area contributed by atoms with E-state index in [1.165, 1.54) is 0 Å². The van der Waals surface area contributed by atoms with E-state index >= 15 is 0 Å². The SMILES string of the molecule is CCNC(=NCCN(C)CCOC)NC1CCN(c2ccccc2OC)C1.I. The molecule has 1 aliphatic rings. The second-order valence-corrected chi connectivity index (χ2v) is 6.80. The highest BCUT2D eigenvalue weighted by atomic mass is 127. The van der Waals surface area contributed by atoms with Gasteiger partial charge in [0.2, 0.25) is 0 Å². The van der Waals surface area contributed by atoms with Gasteiger partial charge in [-0.25, -0.2) is 0 Å². The van der Waals surface area contributed by atoms with E-state index in [4.69, 9.17) is 14.5 Å². The van der Waals surface area contributed by atoms with E-state index in [1.54, 1.807) is 14.2 Å². The largest absolute Gasteiger partial charge is 0.495 e. The molecule has 0 amide bonds. The molecule has 1 fully saturated rings. The number of aliphatic imine (C=N–C) groups is 1. The van der Waals surface area contributed by atoms with Gasteiger partial charge < -0.3 is 29.9 Å². The summed E-state index contributed by atoms with van der Waals surface area (Å²) in [7, 11) is 5.55. The number of likely N-dealkylation sites (N-methyl/N-ethyl adjacent to an activating group) is 1. The van der Waals surface area contributed by atoms with Gasteiger partial charge in [0, 0.05) is 45.9 Å². The average molecular weight is 505 g/mol. The third kappa shape index (κ3) is 8.00. The zero-order valence-electron chi connectivity index (χ0n) is 17.6. The minimum atomic E-state index is 0. The highest BCUT2D eigenvalue weighted by Gasteiger charge is 2.25. The number of nitrogens with one attached hydrogen (secondary N) is 2. The number of nitrogens with zero attached hydrogens (tertiary/aromatic N) is 3. The third-order valence-electron chi connectivity index (χ3n) is 4.73. The van der Waals surface area contributed by atoms with Crippen LogP contribution in [0.3, 0.4) is 0 Å². The number of hydrogen-bond acceptors (Lipinski definition) is 5. The second-order valence-electron chi connectivity index (χ2n) is 6.80. The van der Waals surface area contributed by atoms with Crippen molar-refractivity contribution >= 4 is 35.6 Å². The van der Waals surface area contributed by atoms with E-state index in [9.17, 15) is 0 Å². The number of anilines is 1. The maximum absolute atomic E-state index is 5.50. The minimum Gasteiger partial charge on any atom is -0.495 e. The summed E-state index contributed by atoms with van der Waals surface area (Å²) in [4.78, 5) is 9.33. The first kappa shape index (κ1) is 24.8. The summed E-state index contributed by atoms with van der Waals surface area (Å²) in [6.45, 7) is 8.25. The number of hydrogen-bond donors (Lipinski definition) is 2. The summed E-state index contributed by atoms with van der Waals surface area (Å²) < 4.78 is 10.6. The van der Waals surface area contributed by atoms with Gasteiger partial charge in [-0.15, -0.1) is 24.0 Å². The monoisotopic (exact) mass is 505 g/mol. The second kappa shape index (κ2) is 13.8. The van der Waals surface area contributed by atoms with Crippen LogP contribution in [0.15, 0.2) is 29.3 Å². The predicted octanol–water partition coefficient (Wildman–Crippen LogP) is 2.03. The van der Waals surface area contributed by atoms with Crippen LogP contribution in [0.4, 0.5) is 5.69 Å². The van der Waals surface area contributed by atoms with Crippen LogP contribution in [0.25, 0.3) is 0 Å². The van der Waals surface area contributed by atoms with Crippen LogP contribution in [-0.2, 0) is 4.74 Å². The average Bonchev–Trinajstić information content (AvgIpc) is 3.14. The molecule has 1 aliphatic heterocycles. The molecule has 7 nitrogen and oxygen atoms in total. The molecule has 0 aromatic heterocycles. The Kier molecular flexibility index (Phi) is 12.2. The molecule has 8 heteroatoms. The number of rotatable bonds is 10. The van der Waals surface area contributed by atoms with Crippen LogP contribution in [0.1, 0.15) is 13.3 Å². The van der Waals surface area contributed by atoms with E-state index in [-0.39, 0.29) is 24.0 Å². The number of halogens is 1. The Morgan fingerprint density at radius 1 is 1.29 bits per heavy atom. The van der Waals surface area contributed by atoms with Crippen LogP contribution in [0.2, 0.25) is 0 Å². The number of methoxy groups -OCH3 is 2. The van der Waals surface area contributed by atoms with Crippen LogP contribution >= 0.6 is 24.0 Å². The molecular formula is C20H36IN5O2. The highest BCUT2D eigenvalue weighted by Crippen LogP contribution is 2.30. The summed E-state index contributed by atoms with van der Waals surface area (Å²) in [5, 5.41) is 6.94. The smallest absolute Gasteiger partial charge is 0.191 e. The lowest BCUT2D eigenvalue weighted by molar-refractivity contribution is 0.163. The van der Waals surface area contributed by atoms with Gasteiger partial charge in [0.15, 0.2) is 5.96 Å². The van der Waals surface area contributed by atoms with E-state index in [0.717, 1.165) is 69.7 Å². The van der Waals surface area contributed by atoms with Crippen molar-refractivity contribution in [1.82, 2.24) is 15.5 Å². The Morgan fingerprint density at radius 3 is 2.79 bits per heavy atom. The molecule has 1 unspecified atom stereocenters. The molecule has 1 saturated heterocycles. The minimum absolute atomic E-state index is 0. The molecule has 0 spiro atoms. The molecule has 28 heavy (non-hydrogen) atoms. The molecular weight excluding hydrogens is 469 g/mol. The van der Waals surface area contributed by atoms with Gasteiger partial charge >= 0.3 is 0 Å². The fourth-order valence-corrected chi connectivity index (χ4v) is 3.19. The highest BCUT2D eigenvalue weighted by molar-refractivity contribution is 14.0. The van der Waals surface area contributed by atoms with Crippen LogP contribution in [-0.4, -0.2) is 84.0 Å². The fraction of sp³-hybridized carbons (Fsp3) is 0.650. The standard InChI is InChI=1S/C20H35N5O2.HI/c1-5-21-20(22-11-13-24(2)14-15-26-3)23-17-10-12-25(16-17)18-8-6-7-9-19(18)27-4;/h6-9,17H,5,10-16H2,1-4H3,(H2,21,22,23);1H. The molecule has 0 aliphatic carbocycles. The van der Waals surface area contributed by atoms with Gasteiger partial charge in [-0.1, -0.05) is 12.1 Å². The van der Waals surface area contributed by atoms with Crippen molar-refractivity contribution in [3.05, 3.63) is 24.3 Å². The van der Waals surface area contributed by atoms with E-state index in [0.29, 0.717) is 6.04 Å². The van der Waals surface area contributed by atoms with Gasteiger partial charge in [-0.3, -0.25) is 4.99 Å². The molecule has 1 atom stereocenters. The Labute approximate surface area is 186 Å².